The Morgan fingerprint density at radius 1 is 0.688 bits per heavy atom. The van der Waals surface area contributed by atoms with Crippen LogP contribution in [0, 0.1) is 0 Å². The van der Waals surface area contributed by atoms with Crippen molar-refractivity contribution in [2.75, 3.05) is 6.26 Å². The summed E-state index contributed by atoms with van der Waals surface area (Å²) in [4.78, 5) is 1.34. The summed E-state index contributed by atoms with van der Waals surface area (Å²) in [5, 5.41) is 6.02. The van der Waals surface area contributed by atoms with Gasteiger partial charge < -0.3 is 0 Å². The number of rotatable bonds is 8. The first-order valence-corrected chi connectivity index (χ1v) is 16.8. The Bertz CT molecular complexity index is 1090. The lowest BCUT2D eigenvalue weighted by Crippen LogP contribution is -2.53. The van der Waals surface area contributed by atoms with E-state index in [1.165, 1.54) is 38.5 Å². The van der Waals surface area contributed by atoms with Crippen molar-refractivity contribution in [1.29, 1.82) is 0 Å². The van der Waals surface area contributed by atoms with Gasteiger partial charge >= 0.3 is 0 Å². The van der Waals surface area contributed by atoms with Gasteiger partial charge in [0.25, 0.3) is 0 Å². The van der Waals surface area contributed by atoms with Gasteiger partial charge in [0, 0.05) is 4.90 Å². The van der Waals surface area contributed by atoms with Crippen LogP contribution < -0.4 is 21.1 Å². The van der Waals surface area contributed by atoms with E-state index in [1.807, 2.05) is 11.8 Å². The molecule has 0 fully saturated rings. The minimum atomic E-state index is -1.73. The van der Waals surface area contributed by atoms with Crippen molar-refractivity contribution in [3.63, 3.8) is 0 Å². The molecule has 0 aliphatic heterocycles. The fourth-order valence-corrected chi connectivity index (χ4v) is 11.4. The van der Waals surface area contributed by atoms with Gasteiger partial charge in [0.2, 0.25) is 0 Å². The third-order valence-corrected chi connectivity index (χ3v) is 14.3. The van der Waals surface area contributed by atoms with Crippen LogP contribution in [0.3, 0.4) is 0 Å². The Kier molecular flexibility index (Phi) is 7.68. The van der Waals surface area contributed by atoms with Crippen LogP contribution in [0.2, 0.25) is 12.6 Å². The molecule has 3 heteroatoms. The standard InChI is InChI=1S/C29H31PSSi/c1-4-32(3,23-24-19-21-27(31-2)22-20-24)29-18-12-11-17-28(29)30(25-13-7-5-8-14-25)26-15-9-6-10-16-26/h5-22H,4,23H2,1-3H3. The van der Waals surface area contributed by atoms with Gasteiger partial charge in [-0.2, -0.15) is 0 Å². The molecular weight excluding hydrogens is 439 g/mol. The van der Waals surface area contributed by atoms with E-state index < -0.39 is 16.0 Å². The zero-order valence-electron chi connectivity index (χ0n) is 19.2. The van der Waals surface area contributed by atoms with E-state index in [9.17, 15) is 0 Å². The molecular formula is C29H31PSSi. The molecule has 0 saturated carbocycles. The Labute approximate surface area is 199 Å². The van der Waals surface area contributed by atoms with Gasteiger partial charge in [0.15, 0.2) is 0 Å². The quantitative estimate of drug-likeness (QED) is 0.167. The minimum absolute atomic E-state index is 0.588. The second kappa shape index (κ2) is 10.7. The Hall–Kier alpha value is -2.12. The predicted octanol–water partition coefficient (Wildman–Crippen LogP) is 6.25. The van der Waals surface area contributed by atoms with Gasteiger partial charge in [-0.3, -0.25) is 0 Å². The maximum atomic E-state index is 2.58. The van der Waals surface area contributed by atoms with Crippen molar-refractivity contribution in [3.05, 3.63) is 115 Å². The summed E-state index contributed by atoms with van der Waals surface area (Å²) >= 11 is 1.81. The zero-order chi connectivity index (χ0) is 22.4. The van der Waals surface area contributed by atoms with E-state index in [0.717, 1.165) is 0 Å². The van der Waals surface area contributed by atoms with Crippen LogP contribution in [0.15, 0.2) is 114 Å². The molecule has 0 saturated heterocycles. The van der Waals surface area contributed by atoms with Crippen LogP contribution in [-0.4, -0.2) is 14.3 Å². The molecule has 4 aromatic carbocycles. The van der Waals surface area contributed by atoms with Gasteiger partial charge in [-0.1, -0.05) is 127 Å². The smallest absolute Gasteiger partial charge is 0.0885 e. The molecule has 0 aliphatic rings. The molecule has 0 N–H and O–H groups in total. The van der Waals surface area contributed by atoms with E-state index in [2.05, 4.69) is 129 Å². The zero-order valence-corrected chi connectivity index (χ0v) is 21.9. The topological polar surface area (TPSA) is 0 Å². The summed E-state index contributed by atoms with van der Waals surface area (Å²) in [7, 11) is -2.32. The van der Waals surface area contributed by atoms with Gasteiger partial charge in [0.1, 0.15) is 0 Å². The summed E-state index contributed by atoms with van der Waals surface area (Å²) in [5.74, 6) is 0. The third-order valence-electron chi connectivity index (χ3n) is 6.36. The van der Waals surface area contributed by atoms with E-state index in [1.54, 1.807) is 5.19 Å². The molecule has 4 aromatic rings. The van der Waals surface area contributed by atoms with Gasteiger partial charge in [-0.25, -0.2) is 0 Å². The molecule has 0 aliphatic carbocycles. The third kappa shape index (κ3) is 5.09. The van der Waals surface area contributed by atoms with Crippen LogP contribution in [0.4, 0.5) is 0 Å². The molecule has 1 unspecified atom stereocenters. The van der Waals surface area contributed by atoms with Crippen molar-refractivity contribution in [2.24, 2.45) is 0 Å². The fraction of sp³-hybridized carbons (Fsp3) is 0.172. The van der Waals surface area contributed by atoms with Crippen molar-refractivity contribution in [1.82, 2.24) is 0 Å². The Morgan fingerprint density at radius 3 is 1.75 bits per heavy atom. The number of hydrogen-bond acceptors (Lipinski definition) is 1. The maximum absolute atomic E-state index is 2.58. The average Bonchev–Trinajstić information content (AvgIpc) is 2.86. The van der Waals surface area contributed by atoms with Gasteiger partial charge in [-0.05, 0) is 48.3 Å². The van der Waals surface area contributed by atoms with Crippen LogP contribution >= 0.6 is 19.7 Å². The highest BCUT2D eigenvalue weighted by Gasteiger charge is 2.32. The average molecular weight is 471 g/mol. The van der Waals surface area contributed by atoms with Crippen molar-refractivity contribution in [3.8, 4) is 0 Å². The van der Waals surface area contributed by atoms with E-state index in [-0.39, 0.29) is 0 Å². The van der Waals surface area contributed by atoms with Gasteiger partial charge in [0.05, 0.1) is 8.07 Å². The Morgan fingerprint density at radius 2 is 1.22 bits per heavy atom. The summed E-state index contributed by atoms with van der Waals surface area (Å²) < 4.78 is 0. The normalized spacial score (nSPS) is 13.1. The lowest BCUT2D eigenvalue weighted by atomic mass is 10.2. The number of hydrogen-bond donors (Lipinski definition) is 0. The van der Waals surface area contributed by atoms with E-state index in [0.29, 0.717) is 0 Å². The van der Waals surface area contributed by atoms with Crippen molar-refractivity contribution in [2.45, 2.75) is 30.5 Å². The first-order chi connectivity index (χ1) is 15.6. The molecule has 0 heterocycles. The molecule has 162 valence electrons. The molecule has 0 radical (unpaired) electrons. The number of benzene rings is 4. The van der Waals surface area contributed by atoms with Crippen LogP contribution in [0.5, 0.6) is 0 Å². The summed E-state index contributed by atoms with van der Waals surface area (Å²) in [6.45, 7) is 4.98. The van der Waals surface area contributed by atoms with Crippen molar-refractivity contribution < 1.29 is 0 Å². The van der Waals surface area contributed by atoms with Gasteiger partial charge in [-0.15, -0.1) is 11.8 Å². The lowest BCUT2D eigenvalue weighted by Gasteiger charge is -2.32. The minimum Gasteiger partial charge on any atom is -0.130 e. The molecule has 0 aromatic heterocycles. The van der Waals surface area contributed by atoms with Crippen LogP contribution in [0.25, 0.3) is 0 Å². The molecule has 1 atom stereocenters. The van der Waals surface area contributed by atoms with E-state index in [4.69, 9.17) is 0 Å². The summed E-state index contributed by atoms with van der Waals surface area (Å²) in [6, 6.07) is 43.2. The molecule has 0 bridgehead atoms. The molecule has 0 amide bonds. The largest absolute Gasteiger partial charge is 0.130 e. The SMILES string of the molecule is CC[Si](C)(Cc1ccc(SC)cc1)c1ccccc1P(c1ccccc1)c1ccccc1. The second-order valence-corrected chi connectivity index (χ2v) is 16.2. The molecule has 32 heavy (non-hydrogen) atoms. The number of thioether (sulfide) groups is 1. The second-order valence-electron chi connectivity index (χ2n) is 8.46. The first-order valence-electron chi connectivity index (χ1n) is 11.3. The summed E-state index contributed by atoms with van der Waals surface area (Å²) in [6.07, 6.45) is 2.14. The van der Waals surface area contributed by atoms with Crippen molar-refractivity contribution >= 4 is 48.9 Å². The predicted molar refractivity (Wildman–Crippen MR) is 149 cm³/mol. The molecule has 0 spiro atoms. The molecule has 0 nitrogen and oxygen atoms in total. The highest BCUT2D eigenvalue weighted by Crippen LogP contribution is 2.33. The highest BCUT2D eigenvalue weighted by molar-refractivity contribution is 7.98. The Balaban J connectivity index is 1.81. The first kappa shape index (κ1) is 23.0. The monoisotopic (exact) mass is 470 g/mol. The highest BCUT2D eigenvalue weighted by atomic mass is 32.2. The fourth-order valence-electron chi connectivity index (χ4n) is 4.36. The maximum Gasteiger partial charge on any atom is 0.0885 e. The van der Waals surface area contributed by atoms with Crippen LogP contribution in [-0.2, 0) is 6.04 Å². The van der Waals surface area contributed by atoms with E-state index >= 15 is 0 Å². The lowest BCUT2D eigenvalue weighted by molar-refractivity contribution is 1.23. The summed E-state index contributed by atoms with van der Waals surface area (Å²) in [5.41, 5.74) is 1.47. The van der Waals surface area contributed by atoms with Crippen LogP contribution in [0.1, 0.15) is 12.5 Å². The molecule has 4 rings (SSSR count).